The summed E-state index contributed by atoms with van der Waals surface area (Å²) in [6.45, 7) is 4.20. The first kappa shape index (κ1) is 9.65. The molecule has 0 spiro atoms. The van der Waals surface area contributed by atoms with Crippen molar-refractivity contribution in [1.82, 2.24) is 0 Å². The van der Waals surface area contributed by atoms with E-state index in [0.717, 1.165) is 6.42 Å². The highest BCUT2D eigenvalue weighted by Crippen LogP contribution is 1.97. The van der Waals surface area contributed by atoms with Crippen LogP contribution in [0.4, 0.5) is 4.79 Å². The number of rotatable bonds is 4. The molecule has 0 heterocycles. The molecule has 0 N–H and O–H groups in total. The van der Waals surface area contributed by atoms with Crippen LogP contribution in [0.25, 0.3) is 0 Å². The normalized spacial score (nSPS) is 12.6. The highest BCUT2D eigenvalue weighted by Gasteiger charge is 2.04. The smallest absolute Gasteiger partial charge is 0.402 e. The van der Waals surface area contributed by atoms with Gasteiger partial charge in [-0.1, -0.05) is 6.92 Å². The molecule has 0 saturated heterocycles. The van der Waals surface area contributed by atoms with Crippen LogP contribution in [-0.2, 0) is 9.47 Å². The number of hydrogen-bond donors (Lipinski definition) is 0. The highest BCUT2D eigenvalue weighted by atomic mass is 32.1. The zero-order valence-electron chi connectivity index (χ0n) is 6.12. The number of carbonyl (C=O) groups excluding carboxylic acids is 1. The van der Waals surface area contributed by atoms with E-state index in [1.54, 1.807) is 6.92 Å². The van der Waals surface area contributed by atoms with Gasteiger partial charge in [-0.15, -0.1) is 0 Å². The summed E-state index contributed by atoms with van der Waals surface area (Å²) in [6, 6.07) is 0. The first-order chi connectivity index (χ1) is 4.66. The zero-order chi connectivity index (χ0) is 7.98. The lowest BCUT2D eigenvalue weighted by Gasteiger charge is -2.10. The van der Waals surface area contributed by atoms with Crippen LogP contribution >= 0.6 is 12.6 Å². The molecule has 0 aromatic heterocycles. The monoisotopic (exact) mass is 163 g/mol. The predicted molar refractivity (Wildman–Crippen MR) is 39.8 cm³/mol. The summed E-state index contributed by atoms with van der Waals surface area (Å²) in [7, 11) is 0. The Labute approximate surface area is 66.1 Å². The zero-order valence-corrected chi connectivity index (χ0v) is 6.94. The summed E-state index contributed by atoms with van der Waals surface area (Å²) in [6.07, 6.45) is 0.393. The second kappa shape index (κ2) is 5.44. The molecule has 0 aliphatic rings. The highest BCUT2D eigenvalue weighted by molar-refractivity contribution is 7.96. The number of hydrogen-bond acceptors (Lipinski definition) is 3. The Bertz CT molecular complexity index is 105. The van der Waals surface area contributed by atoms with Gasteiger partial charge in [0, 0.05) is 12.6 Å². The molecular formula is C6H11O3S. The third-order valence-electron chi connectivity index (χ3n) is 0.819. The third kappa shape index (κ3) is 5.78. The van der Waals surface area contributed by atoms with Gasteiger partial charge in [-0.2, -0.15) is 0 Å². The average Bonchev–Trinajstić information content (AvgIpc) is 1.82. The molecule has 1 radical (unpaired) electrons. The van der Waals surface area contributed by atoms with E-state index in [0.29, 0.717) is 6.61 Å². The second-order valence-electron chi connectivity index (χ2n) is 1.81. The Morgan fingerprint density at radius 3 is 2.70 bits per heavy atom. The van der Waals surface area contributed by atoms with Gasteiger partial charge >= 0.3 is 5.30 Å². The van der Waals surface area contributed by atoms with Crippen LogP contribution in [0.3, 0.4) is 0 Å². The molecule has 0 saturated carbocycles. The molecule has 0 bridgehead atoms. The SMILES string of the molecule is CCCOC(C)OC(=O)[S]. The number of ether oxygens (including phenoxy) is 2. The minimum atomic E-state index is -0.719. The van der Waals surface area contributed by atoms with Crippen LogP contribution in [0.2, 0.25) is 0 Å². The lowest BCUT2D eigenvalue weighted by atomic mass is 10.5. The summed E-state index contributed by atoms with van der Waals surface area (Å²) in [5.74, 6) is 0. The molecule has 0 aliphatic carbocycles. The Balaban J connectivity index is 3.25. The first-order valence-electron chi connectivity index (χ1n) is 3.16. The van der Waals surface area contributed by atoms with Crippen LogP contribution in [-0.4, -0.2) is 18.2 Å². The van der Waals surface area contributed by atoms with Gasteiger partial charge in [0.2, 0.25) is 6.29 Å². The topological polar surface area (TPSA) is 35.5 Å². The Kier molecular flexibility index (Phi) is 5.25. The van der Waals surface area contributed by atoms with Crippen molar-refractivity contribution in [2.75, 3.05) is 6.61 Å². The van der Waals surface area contributed by atoms with E-state index >= 15 is 0 Å². The second-order valence-corrected chi connectivity index (χ2v) is 2.14. The van der Waals surface area contributed by atoms with Gasteiger partial charge in [-0.05, 0) is 13.3 Å². The molecule has 4 heteroatoms. The van der Waals surface area contributed by atoms with Crippen molar-refractivity contribution in [2.45, 2.75) is 26.6 Å². The van der Waals surface area contributed by atoms with Crippen molar-refractivity contribution in [1.29, 1.82) is 0 Å². The molecule has 1 unspecified atom stereocenters. The lowest BCUT2D eigenvalue weighted by molar-refractivity contribution is -0.0831. The fourth-order valence-electron chi connectivity index (χ4n) is 0.453. The molecule has 0 aliphatic heterocycles. The van der Waals surface area contributed by atoms with Gasteiger partial charge in [0.05, 0.1) is 6.61 Å². The lowest BCUT2D eigenvalue weighted by Crippen LogP contribution is -2.14. The van der Waals surface area contributed by atoms with Crippen LogP contribution in [0.5, 0.6) is 0 Å². The fourth-order valence-corrected chi connectivity index (χ4v) is 0.589. The van der Waals surface area contributed by atoms with E-state index in [9.17, 15) is 4.79 Å². The van der Waals surface area contributed by atoms with Crippen molar-refractivity contribution < 1.29 is 14.3 Å². The van der Waals surface area contributed by atoms with E-state index in [2.05, 4.69) is 17.4 Å². The van der Waals surface area contributed by atoms with Crippen LogP contribution < -0.4 is 0 Å². The van der Waals surface area contributed by atoms with Crippen LogP contribution in [0.1, 0.15) is 20.3 Å². The average molecular weight is 163 g/mol. The van der Waals surface area contributed by atoms with Crippen molar-refractivity contribution in [3.05, 3.63) is 0 Å². The van der Waals surface area contributed by atoms with Gasteiger partial charge in [-0.25, -0.2) is 4.79 Å². The summed E-state index contributed by atoms with van der Waals surface area (Å²) >= 11 is 4.16. The molecule has 0 fully saturated rings. The van der Waals surface area contributed by atoms with E-state index in [1.807, 2.05) is 6.92 Å². The van der Waals surface area contributed by atoms with Crippen molar-refractivity contribution in [3.63, 3.8) is 0 Å². The quantitative estimate of drug-likeness (QED) is 0.470. The van der Waals surface area contributed by atoms with Crippen molar-refractivity contribution in [3.8, 4) is 0 Å². The van der Waals surface area contributed by atoms with Gasteiger partial charge in [0.25, 0.3) is 0 Å². The third-order valence-corrected chi connectivity index (χ3v) is 0.915. The Hall–Kier alpha value is -0.350. The van der Waals surface area contributed by atoms with E-state index < -0.39 is 11.6 Å². The maximum atomic E-state index is 10.1. The van der Waals surface area contributed by atoms with E-state index in [-0.39, 0.29) is 0 Å². The van der Waals surface area contributed by atoms with E-state index in [1.165, 1.54) is 0 Å². The maximum absolute atomic E-state index is 10.1. The molecule has 0 aromatic carbocycles. The van der Waals surface area contributed by atoms with Crippen molar-refractivity contribution in [2.24, 2.45) is 0 Å². The fraction of sp³-hybridized carbons (Fsp3) is 0.833. The van der Waals surface area contributed by atoms with Gasteiger partial charge in [0.1, 0.15) is 0 Å². The molecular weight excluding hydrogens is 152 g/mol. The molecule has 0 rings (SSSR count). The molecule has 59 valence electrons. The number of carbonyl (C=O) groups is 1. The largest absolute Gasteiger partial charge is 0.425 e. The Morgan fingerprint density at radius 1 is 1.70 bits per heavy atom. The summed E-state index contributed by atoms with van der Waals surface area (Å²) in [4.78, 5) is 10.1. The molecule has 0 aromatic rings. The first-order valence-corrected chi connectivity index (χ1v) is 3.57. The van der Waals surface area contributed by atoms with Gasteiger partial charge < -0.3 is 9.47 Å². The molecule has 1 atom stereocenters. The molecule has 10 heavy (non-hydrogen) atoms. The standard InChI is InChI=1S/C6H11O3S/c1-3-4-8-5(2)9-6(7)10/h5H,3-4H2,1-2H3. The summed E-state index contributed by atoms with van der Waals surface area (Å²) in [5.41, 5.74) is 0. The van der Waals surface area contributed by atoms with Gasteiger partial charge in [-0.3, -0.25) is 0 Å². The van der Waals surface area contributed by atoms with Gasteiger partial charge in [0.15, 0.2) is 0 Å². The summed E-state index contributed by atoms with van der Waals surface area (Å²) in [5, 5.41) is -0.719. The van der Waals surface area contributed by atoms with E-state index in [4.69, 9.17) is 4.74 Å². The minimum Gasteiger partial charge on any atom is -0.425 e. The Morgan fingerprint density at radius 2 is 2.30 bits per heavy atom. The van der Waals surface area contributed by atoms with Crippen LogP contribution in [0.15, 0.2) is 0 Å². The minimum absolute atomic E-state index is 0.509. The van der Waals surface area contributed by atoms with Crippen LogP contribution in [0, 0.1) is 0 Å². The molecule has 0 amide bonds. The van der Waals surface area contributed by atoms with Crippen molar-refractivity contribution >= 4 is 17.9 Å². The molecule has 3 nitrogen and oxygen atoms in total. The predicted octanol–water partition coefficient (Wildman–Crippen LogP) is 2.09. The maximum Gasteiger partial charge on any atom is 0.402 e. The summed E-state index contributed by atoms with van der Waals surface area (Å²) < 4.78 is 9.50.